The number of fused-ring (bicyclic) bond motifs is 1. The van der Waals surface area contributed by atoms with Gasteiger partial charge in [0.05, 0.1) is 37.8 Å². The van der Waals surface area contributed by atoms with Gasteiger partial charge in [-0.05, 0) is 65.8 Å². The highest BCUT2D eigenvalue weighted by Crippen LogP contribution is 2.20. The molecule has 0 unspecified atom stereocenters. The molecular weight excluding hydrogens is 488 g/mol. The number of hydrogen-bond donors (Lipinski definition) is 2. The van der Waals surface area contributed by atoms with Crippen LogP contribution < -0.4 is 20.5 Å². The van der Waals surface area contributed by atoms with Crippen molar-refractivity contribution in [3.05, 3.63) is 98.5 Å². The number of benzene rings is 3. The topological polar surface area (TPSA) is 88.6 Å². The second-order valence-electron chi connectivity index (χ2n) is 8.88. The summed E-state index contributed by atoms with van der Waals surface area (Å²) >= 11 is 5.50. The molecule has 0 radical (unpaired) electrons. The van der Waals surface area contributed by atoms with Crippen molar-refractivity contribution in [3.8, 4) is 5.75 Å². The summed E-state index contributed by atoms with van der Waals surface area (Å²) < 4.78 is 12.6. The van der Waals surface area contributed by atoms with Crippen molar-refractivity contribution in [3.63, 3.8) is 0 Å². The minimum atomic E-state index is -0.176. The molecule has 9 heteroatoms. The third kappa shape index (κ3) is 5.58. The highest BCUT2D eigenvalue weighted by Gasteiger charge is 2.14. The molecule has 2 heterocycles. The van der Waals surface area contributed by atoms with E-state index < -0.39 is 0 Å². The van der Waals surface area contributed by atoms with Gasteiger partial charge in [0.2, 0.25) is 0 Å². The van der Waals surface area contributed by atoms with E-state index in [1.807, 2.05) is 54.6 Å². The first-order valence-electron chi connectivity index (χ1n) is 12.1. The summed E-state index contributed by atoms with van der Waals surface area (Å²) in [5.74, 6) is 0.570. The van der Waals surface area contributed by atoms with Gasteiger partial charge < -0.3 is 24.7 Å². The van der Waals surface area contributed by atoms with Crippen LogP contribution in [0.5, 0.6) is 5.75 Å². The number of ether oxygens (including phenoxy) is 2. The Hall–Kier alpha value is -3.95. The zero-order valence-electron chi connectivity index (χ0n) is 20.5. The smallest absolute Gasteiger partial charge is 0.262 e. The molecule has 3 aromatic carbocycles. The fourth-order valence-electron chi connectivity index (χ4n) is 4.41. The highest BCUT2D eigenvalue weighted by atomic mass is 32.1. The first-order chi connectivity index (χ1) is 18.0. The maximum absolute atomic E-state index is 13.4. The average Bonchev–Trinajstić information content (AvgIpc) is 2.94. The Bertz CT molecular complexity index is 1540. The lowest BCUT2D eigenvalue weighted by Gasteiger charge is -2.29. The number of H-pyrrole nitrogens is 1. The number of nitrogens with one attached hydrogen (secondary N) is 2. The van der Waals surface area contributed by atoms with E-state index in [0.717, 1.165) is 35.7 Å². The van der Waals surface area contributed by atoms with Crippen LogP contribution >= 0.6 is 12.2 Å². The van der Waals surface area contributed by atoms with Gasteiger partial charge >= 0.3 is 0 Å². The zero-order valence-corrected chi connectivity index (χ0v) is 21.3. The summed E-state index contributed by atoms with van der Waals surface area (Å²) in [5.41, 5.74) is 3.92. The molecular formula is C28H28N4O4S. The second kappa shape index (κ2) is 11.0. The van der Waals surface area contributed by atoms with Gasteiger partial charge in [0, 0.05) is 30.9 Å². The number of aromatic nitrogens is 2. The molecule has 0 aliphatic carbocycles. The van der Waals surface area contributed by atoms with Crippen LogP contribution in [0.1, 0.15) is 21.5 Å². The van der Waals surface area contributed by atoms with Crippen LogP contribution in [0.4, 0.5) is 5.69 Å². The van der Waals surface area contributed by atoms with E-state index in [0.29, 0.717) is 47.5 Å². The Morgan fingerprint density at radius 3 is 2.59 bits per heavy atom. The highest BCUT2D eigenvalue weighted by molar-refractivity contribution is 7.71. The summed E-state index contributed by atoms with van der Waals surface area (Å²) in [6, 6.07) is 20.6. The number of amides is 1. The molecule has 1 aliphatic rings. The van der Waals surface area contributed by atoms with Crippen LogP contribution in [-0.2, 0) is 17.8 Å². The monoisotopic (exact) mass is 516 g/mol. The van der Waals surface area contributed by atoms with Crippen molar-refractivity contribution >= 4 is 34.7 Å². The molecule has 1 amide bonds. The van der Waals surface area contributed by atoms with E-state index in [2.05, 4.69) is 15.2 Å². The molecule has 0 atom stereocenters. The van der Waals surface area contributed by atoms with Crippen LogP contribution in [0, 0.1) is 4.77 Å². The van der Waals surface area contributed by atoms with E-state index in [1.165, 1.54) is 0 Å². The van der Waals surface area contributed by atoms with Gasteiger partial charge in [0.15, 0.2) is 4.77 Å². The maximum atomic E-state index is 13.4. The number of nitrogens with zero attached hydrogens (tertiary/aromatic N) is 2. The first-order valence-corrected chi connectivity index (χ1v) is 12.5. The van der Waals surface area contributed by atoms with Gasteiger partial charge in [0.25, 0.3) is 11.5 Å². The Morgan fingerprint density at radius 2 is 1.84 bits per heavy atom. The summed E-state index contributed by atoms with van der Waals surface area (Å²) in [4.78, 5) is 31.4. The lowest BCUT2D eigenvalue weighted by molar-refractivity contribution is 0.0951. The number of carbonyl (C=O) groups is 1. The fraction of sp³-hybridized carbons (Fsp3) is 0.250. The van der Waals surface area contributed by atoms with Gasteiger partial charge in [-0.1, -0.05) is 24.3 Å². The molecule has 5 rings (SSSR count). The van der Waals surface area contributed by atoms with E-state index in [-0.39, 0.29) is 11.5 Å². The van der Waals surface area contributed by atoms with Crippen LogP contribution in [0.3, 0.4) is 0 Å². The molecule has 1 saturated heterocycles. The third-order valence-electron chi connectivity index (χ3n) is 6.49. The van der Waals surface area contributed by atoms with Crippen molar-refractivity contribution in [1.82, 2.24) is 14.9 Å². The lowest BCUT2D eigenvalue weighted by atomic mass is 10.1. The minimum absolute atomic E-state index is 0.144. The SMILES string of the molecule is COc1cccc(CNC(=O)c2ccc(Cn3c(=S)[nH]c4ccc(N5CCOCC5)cc4c3=O)cc2)c1. The van der Waals surface area contributed by atoms with E-state index in [1.54, 1.807) is 23.8 Å². The van der Waals surface area contributed by atoms with Crippen LogP contribution in [-0.4, -0.2) is 48.9 Å². The number of morpholine rings is 1. The van der Waals surface area contributed by atoms with Gasteiger partial charge in [-0.2, -0.15) is 0 Å². The molecule has 190 valence electrons. The van der Waals surface area contributed by atoms with Crippen molar-refractivity contribution in [2.45, 2.75) is 13.1 Å². The zero-order chi connectivity index (χ0) is 25.8. The number of methoxy groups -OCH3 is 1. The van der Waals surface area contributed by atoms with Gasteiger partial charge in [-0.25, -0.2) is 0 Å². The molecule has 2 N–H and O–H groups in total. The van der Waals surface area contributed by atoms with E-state index >= 15 is 0 Å². The maximum Gasteiger partial charge on any atom is 0.262 e. The Balaban J connectivity index is 1.31. The number of hydrogen-bond acceptors (Lipinski definition) is 6. The summed E-state index contributed by atoms with van der Waals surface area (Å²) in [6.45, 7) is 3.64. The Morgan fingerprint density at radius 1 is 1.05 bits per heavy atom. The van der Waals surface area contributed by atoms with Crippen molar-refractivity contribution < 1.29 is 14.3 Å². The molecule has 0 bridgehead atoms. The third-order valence-corrected chi connectivity index (χ3v) is 6.81. The van der Waals surface area contributed by atoms with Crippen molar-refractivity contribution in [2.75, 3.05) is 38.3 Å². The molecule has 1 aromatic heterocycles. The van der Waals surface area contributed by atoms with E-state index in [4.69, 9.17) is 21.7 Å². The Kier molecular flexibility index (Phi) is 7.34. The van der Waals surface area contributed by atoms with Crippen molar-refractivity contribution in [1.29, 1.82) is 0 Å². The van der Waals surface area contributed by atoms with Gasteiger partial charge in [-0.3, -0.25) is 14.2 Å². The standard InChI is InChI=1S/C28H28N4O4S/c1-35-23-4-2-3-20(15-23)17-29-26(33)21-7-5-19(6-8-21)18-32-27(34)24-16-22(31-11-13-36-14-12-31)9-10-25(24)30-28(32)37/h2-10,15-16H,11-14,17-18H2,1H3,(H,29,33)(H,30,37). The lowest BCUT2D eigenvalue weighted by Crippen LogP contribution is -2.36. The molecule has 0 saturated carbocycles. The summed E-state index contributed by atoms with van der Waals surface area (Å²) in [6.07, 6.45) is 0. The normalized spacial score (nSPS) is 13.5. The second-order valence-corrected chi connectivity index (χ2v) is 9.27. The predicted molar refractivity (Wildman–Crippen MR) is 146 cm³/mol. The Labute approximate surface area is 219 Å². The number of carbonyl (C=O) groups excluding carboxylic acids is 1. The molecule has 1 aliphatic heterocycles. The fourth-order valence-corrected chi connectivity index (χ4v) is 4.67. The molecule has 8 nitrogen and oxygen atoms in total. The minimum Gasteiger partial charge on any atom is -0.497 e. The number of anilines is 1. The van der Waals surface area contributed by atoms with Crippen molar-refractivity contribution in [2.24, 2.45) is 0 Å². The van der Waals surface area contributed by atoms with Crippen LogP contribution in [0.2, 0.25) is 0 Å². The first kappa shape index (κ1) is 24.7. The average molecular weight is 517 g/mol. The largest absolute Gasteiger partial charge is 0.497 e. The summed E-state index contributed by atoms with van der Waals surface area (Å²) in [7, 11) is 1.61. The van der Waals surface area contributed by atoms with Crippen LogP contribution in [0.15, 0.2) is 71.5 Å². The quantitative estimate of drug-likeness (QED) is 0.363. The van der Waals surface area contributed by atoms with Gasteiger partial charge in [0.1, 0.15) is 5.75 Å². The molecule has 1 fully saturated rings. The van der Waals surface area contributed by atoms with E-state index in [9.17, 15) is 9.59 Å². The predicted octanol–water partition coefficient (Wildman–Crippen LogP) is 3.88. The summed E-state index contributed by atoms with van der Waals surface area (Å²) in [5, 5.41) is 3.51. The number of aromatic amines is 1. The molecule has 4 aromatic rings. The molecule has 37 heavy (non-hydrogen) atoms. The number of rotatable bonds is 7. The van der Waals surface area contributed by atoms with Gasteiger partial charge in [-0.15, -0.1) is 0 Å². The molecule has 0 spiro atoms. The van der Waals surface area contributed by atoms with Crippen LogP contribution in [0.25, 0.3) is 10.9 Å².